The molecule has 0 bridgehead atoms. The van der Waals surface area contributed by atoms with Gasteiger partial charge in [-0.2, -0.15) is 0 Å². The monoisotopic (exact) mass is 320 g/mol. The van der Waals surface area contributed by atoms with E-state index in [1.165, 1.54) is 12.8 Å². The third kappa shape index (κ3) is 5.75. The molecule has 1 saturated carbocycles. The topological polar surface area (TPSA) is 70.6 Å². The van der Waals surface area contributed by atoms with Crippen LogP contribution in [0.5, 0.6) is 5.75 Å². The van der Waals surface area contributed by atoms with Crippen LogP contribution in [0.15, 0.2) is 24.3 Å². The second-order valence-corrected chi connectivity index (χ2v) is 6.91. The van der Waals surface area contributed by atoms with Crippen molar-refractivity contribution in [3.05, 3.63) is 29.8 Å². The van der Waals surface area contributed by atoms with Crippen LogP contribution in [-0.4, -0.2) is 29.9 Å². The van der Waals surface area contributed by atoms with Crippen LogP contribution in [0.25, 0.3) is 0 Å². The summed E-state index contributed by atoms with van der Waals surface area (Å²) in [6.07, 6.45) is 2.50. The Morgan fingerprint density at radius 1 is 1.35 bits per heavy atom. The van der Waals surface area contributed by atoms with Gasteiger partial charge in [0.25, 0.3) is 0 Å². The fourth-order valence-electron chi connectivity index (χ4n) is 1.98. The molecule has 1 aliphatic rings. The summed E-state index contributed by atoms with van der Waals surface area (Å²) in [5.74, 6) is 1.59. The van der Waals surface area contributed by atoms with Crippen molar-refractivity contribution in [1.29, 1.82) is 0 Å². The van der Waals surface area contributed by atoms with Crippen LogP contribution < -0.4 is 15.4 Å². The van der Waals surface area contributed by atoms with Gasteiger partial charge in [-0.3, -0.25) is 0 Å². The van der Waals surface area contributed by atoms with Crippen molar-refractivity contribution in [1.82, 2.24) is 10.6 Å². The van der Waals surface area contributed by atoms with Crippen molar-refractivity contribution in [2.75, 3.05) is 13.2 Å². The lowest BCUT2D eigenvalue weighted by molar-refractivity contribution is 0.0166. The number of rotatable bonds is 8. The van der Waals surface area contributed by atoms with E-state index in [9.17, 15) is 9.90 Å². The first-order chi connectivity index (χ1) is 10.9. The molecule has 2 amide bonds. The first-order valence-electron chi connectivity index (χ1n) is 8.33. The number of ether oxygens (including phenoxy) is 1. The number of hydrogen-bond donors (Lipinski definition) is 3. The van der Waals surface area contributed by atoms with E-state index in [-0.39, 0.29) is 18.5 Å². The van der Waals surface area contributed by atoms with Gasteiger partial charge in [0, 0.05) is 18.7 Å². The largest absolute Gasteiger partial charge is 0.493 e. The van der Waals surface area contributed by atoms with Gasteiger partial charge in [0.05, 0.1) is 12.2 Å². The third-order valence-corrected chi connectivity index (χ3v) is 4.43. The Balaban J connectivity index is 1.79. The van der Waals surface area contributed by atoms with E-state index < -0.39 is 5.60 Å². The van der Waals surface area contributed by atoms with Gasteiger partial charge in [0.15, 0.2) is 0 Å². The summed E-state index contributed by atoms with van der Waals surface area (Å²) in [6, 6.07) is 7.46. The molecule has 3 N–H and O–H groups in total. The average molecular weight is 320 g/mol. The lowest BCUT2D eigenvalue weighted by Gasteiger charge is -2.27. The molecule has 23 heavy (non-hydrogen) atoms. The molecule has 1 fully saturated rings. The molecule has 0 heterocycles. The van der Waals surface area contributed by atoms with E-state index in [2.05, 4.69) is 10.6 Å². The van der Waals surface area contributed by atoms with Crippen molar-refractivity contribution in [2.24, 2.45) is 11.8 Å². The number of amides is 2. The van der Waals surface area contributed by atoms with Crippen LogP contribution in [-0.2, 0) is 6.54 Å². The first-order valence-corrected chi connectivity index (χ1v) is 8.33. The molecule has 2 rings (SSSR count). The molecule has 128 valence electrons. The summed E-state index contributed by atoms with van der Waals surface area (Å²) in [4.78, 5) is 11.9. The van der Waals surface area contributed by atoms with Crippen LogP contribution in [0.2, 0.25) is 0 Å². The fraction of sp³-hybridized carbons (Fsp3) is 0.611. The van der Waals surface area contributed by atoms with Gasteiger partial charge in [-0.05, 0) is 37.7 Å². The lowest BCUT2D eigenvalue weighted by Crippen LogP contribution is -2.47. The molecule has 1 aliphatic carbocycles. The molecule has 1 atom stereocenters. The molecule has 0 spiro atoms. The number of carbonyl (C=O) groups excluding carboxylic acids is 1. The highest BCUT2D eigenvalue weighted by Crippen LogP contribution is 2.30. The maximum atomic E-state index is 11.9. The molecule has 0 radical (unpaired) electrons. The van der Waals surface area contributed by atoms with Gasteiger partial charge >= 0.3 is 6.03 Å². The Hall–Kier alpha value is -1.75. The smallest absolute Gasteiger partial charge is 0.315 e. The average Bonchev–Trinajstić information content (AvgIpc) is 3.34. The lowest BCUT2D eigenvalue weighted by atomic mass is 9.93. The predicted octanol–water partition coefficient (Wildman–Crippen LogP) is 2.68. The van der Waals surface area contributed by atoms with Crippen molar-refractivity contribution in [3.8, 4) is 5.75 Å². The van der Waals surface area contributed by atoms with E-state index in [0.29, 0.717) is 12.5 Å². The minimum Gasteiger partial charge on any atom is -0.493 e. The van der Waals surface area contributed by atoms with Crippen molar-refractivity contribution in [3.63, 3.8) is 0 Å². The molecule has 0 aliphatic heterocycles. The number of benzene rings is 1. The van der Waals surface area contributed by atoms with Gasteiger partial charge in [-0.25, -0.2) is 4.79 Å². The van der Waals surface area contributed by atoms with Crippen LogP contribution in [0, 0.1) is 11.8 Å². The zero-order valence-corrected chi connectivity index (χ0v) is 14.3. The number of hydrogen-bond acceptors (Lipinski definition) is 3. The zero-order chi connectivity index (χ0) is 16.9. The summed E-state index contributed by atoms with van der Waals surface area (Å²) in [5.41, 5.74) is 0.0433. The number of carbonyl (C=O) groups is 1. The van der Waals surface area contributed by atoms with E-state index in [0.717, 1.165) is 17.9 Å². The second-order valence-electron chi connectivity index (χ2n) is 6.91. The maximum absolute atomic E-state index is 11.9. The van der Waals surface area contributed by atoms with Crippen LogP contribution >= 0.6 is 0 Å². The molecule has 5 nitrogen and oxygen atoms in total. The molecule has 1 aromatic rings. The minimum atomic E-state index is -0.914. The first kappa shape index (κ1) is 17.6. The van der Waals surface area contributed by atoms with Crippen LogP contribution in [0.4, 0.5) is 4.79 Å². The highest BCUT2D eigenvalue weighted by molar-refractivity contribution is 5.74. The summed E-state index contributed by atoms with van der Waals surface area (Å²) in [5, 5.41) is 15.7. The third-order valence-electron chi connectivity index (χ3n) is 4.43. The summed E-state index contributed by atoms with van der Waals surface area (Å²) >= 11 is 0. The Labute approximate surface area is 138 Å². The van der Waals surface area contributed by atoms with E-state index in [4.69, 9.17) is 4.74 Å². The molecule has 5 heteroatoms. The van der Waals surface area contributed by atoms with E-state index in [1.54, 1.807) is 6.92 Å². The second kappa shape index (κ2) is 7.68. The quantitative estimate of drug-likeness (QED) is 0.690. The number of aliphatic hydroxyl groups is 1. The predicted molar refractivity (Wildman–Crippen MR) is 90.4 cm³/mol. The molecule has 1 unspecified atom stereocenters. The molecule has 1 aromatic carbocycles. The maximum Gasteiger partial charge on any atom is 0.315 e. The van der Waals surface area contributed by atoms with Crippen molar-refractivity contribution >= 4 is 6.03 Å². The standard InChI is InChI=1S/C18H28N2O3/c1-13(2)18(3,22)12-20-17(21)19-10-15-6-4-5-7-16(15)23-11-14-8-9-14/h4-7,13-14,22H,8-12H2,1-3H3,(H2,19,20,21). The Bertz CT molecular complexity index is 525. The Morgan fingerprint density at radius 2 is 2.04 bits per heavy atom. The fourth-order valence-corrected chi connectivity index (χ4v) is 1.98. The summed E-state index contributed by atoms with van der Waals surface area (Å²) < 4.78 is 5.83. The van der Waals surface area contributed by atoms with Gasteiger partial charge in [-0.1, -0.05) is 32.0 Å². The SMILES string of the molecule is CC(C)C(C)(O)CNC(=O)NCc1ccccc1OCC1CC1. The normalized spacial score (nSPS) is 16.7. The Morgan fingerprint density at radius 3 is 2.70 bits per heavy atom. The minimum absolute atomic E-state index is 0.0688. The van der Waals surface area contributed by atoms with Crippen molar-refractivity contribution in [2.45, 2.75) is 45.8 Å². The Kier molecular flexibility index (Phi) is 5.88. The number of para-hydroxylation sites is 1. The van der Waals surface area contributed by atoms with Gasteiger partial charge < -0.3 is 20.5 Å². The highest BCUT2D eigenvalue weighted by atomic mass is 16.5. The van der Waals surface area contributed by atoms with Crippen LogP contribution in [0.1, 0.15) is 39.2 Å². The van der Waals surface area contributed by atoms with Gasteiger partial charge in [-0.15, -0.1) is 0 Å². The molecule has 0 saturated heterocycles. The van der Waals surface area contributed by atoms with E-state index in [1.807, 2.05) is 38.1 Å². The van der Waals surface area contributed by atoms with E-state index >= 15 is 0 Å². The van der Waals surface area contributed by atoms with Gasteiger partial charge in [0.2, 0.25) is 0 Å². The number of nitrogens with one attached hydrogen (secondary N) is 2. The molecular formula is C18H28N2O3. The van der Waals surface area contributed by atoms with Crippen LogP contribution in [0.3, 0.4) is 0 Å². The summed E-state index contributed by atoms with van der Waals surface area (Å²) in [7, 11) is 0. The summed E-state index contributed by atoms with van der Waals surface area (Å²) in [6.45, 7) is 6.94. The van der Waals surface area contributed by atoms with Gasteiger partial charge in [0.1, 0.15) is 5.75 Å². The van der Waals surface area contributed by atoms with Crippen molar-refractivity contribution < 1.29 is 14.6 Å². The zero-order valence-electron chi connectivity index (χ0n) is 14.3. The number of urea groups is 1. The molecule has 0 aromatic heterocycles. The molecular weight excluding hydrogens is 292 g/mol. The highest BCUT2D eigenvalue weighted by Gasteiger charge is 2.25.